The third kappa shape index (κ3) is 4.44. The van der Waals surface area contributed by atoms with Crippen LogP contribution >= 0.6 is 0 Å². The van der Waals surface area contributed by atoms with Gasteiger partial charge in [0.2, 0.25) is 0 Å². The Labute approximate surface area is 157 Å². The summed E-state index contributed by atoms with van der Waals surface area (Å²) in [6, 6.07) is 6.23. The summed E-state index contributed by atoms with van der Waals surface area (Å²) in [5.74, 6) is -0.588. The molecule has 0 atom stereocenters. The summed E-state index contributed by atoms with van der Waals surface area (Å²) in [4.78, 5) is 10.0. The van der Waals surface area contributed by atoms with E-state index in [1.54, 1.807) is 0 Å². The Kier molecular flexibility index (Phi) is 4.83. The summed E-state index contributed by atoms with van der Waals surface area (Å²) in [6.07, 6.45) is -3.42. The van der Waals surface area contributed by atoms with E-state index in [0.29, 0.717) is 5.56 Å². The Morgan fingerprint density at radius 1 is 1.18 bits per heavy atom. The van der Waals surface area contributed by atoms with Crippen molar-refractivity contribution in [3.05, 3.63) is 52.1 Å². The largest absolute Gasteiger partial charge is 0.573 e. The molecule has 2 aromatic rings. The van der Waals surface area contributed by atoms with E-state index in [4.69, 9.17) is 5.73 Å². The summed E-state index contributed by atoms with van der Waals surface area (Å²) in [6.45, 7) is 0. The van der Waals surface area contributed by atoms with Gasteiger partial charge in [-0.2, -0.15) is 0 Å². The third-order valence-corrected chi connectivity index (χ3v) is 5.44. The van der Waals surface area contributed by atoms with Crippen molar-refractivity contribution in [2.45, 2.75) is 30.0 Å². The summed E-state index contributed by atoms with van der Waals surface area (Å²) in [5, 5.41) is 11.1. The van der Waals surface area contributed by atoms with Gasteiger partial charge in [-0.25, -0.2) is 8.42 Å². The van der Waals surface area contributed by atoms with Gasteiger partial charge in [0.05, 0.1) is 9.82 Å². The molecule has 0 heterocycles. The van der Waals surface area contributed by atoms with E-state index < -0.39 is 32.7 Å². The van der Waals surface area contributed by atoms with Crippen molar-refractivity contribution < 1.29 is 31.2 Å². The SMILES string of the molecule is Nc1cc(C2CC2)c(S(=O)(=O)Nc2ccc(OC(F)(F)F)cc2)cc1[N+](=O)[O-]. The minimum Gasteiger partial charge on any atom is -0.406 e. The fourth-order valence-corrected chi connectivity index (χ4v) is 4.00. The van der Waals surface area contributed by atoms with Crippen LogP contribution < -0.4 is 15.2 Å². The number of hydrogen-bond donors (Lipinski definition) is 2. The highest BCUT2D eigenvalue weighted by Gasteiger charge is 2.34. The first-order chi connectivity index (χ1) is 13.0. The van der Waals surface area contributed by atoms with Crippen molar-refractivity contribution >= 4 is 27.1 Å². The molecule has 1 saturated carbocycles. The number of halogens is 3. The second kappa shape index (κ2) is 6.86. The van der Waals surface area contributed by atoms with Crippen LogP contribution in [0, 0.1) is 10.1 Å². The van der Waals surface area contributed by atoms with Gasteiger partial charge in [-0.3, -0.25) is 14.8 Å². The minimum atomic E-state index is -4.87. The van der Waals surface area contributed by atoms with Crippen molar-refractivity contribution in [3.63, 3.8) is 0 Å². The van der Waals surface area contributed by atoms with Gasteiger partial charge in [0, 0.05) is 11.8 Å². The van der Waals surface area contributed by atoms with Crippen LogP contribution in [-0.4, -0.2) is 19.7 Å². The molecule has 0 bridgehead atoms. The number of rotatable bonds is 6. The van der Waals surface area contributed by atoms with E-state index in [-0.39, 0.29) is 22.2 Å². The van der Waals surface area contributed by atoms with E-state index in [9.17, 15) is 31.7 Å². The summed E-state index contributed by atoms with van der Waals surface area (Å²) in [5.41, 5.74) is 5.31. The zero-order valence-electron chi connectivity index (χ0n) is 14.1. The Morgan fingerprint density at radius 3 is 2.29 bits per heavy atom. The average Bonchev–Trinajstić information content (AvgIpc) is 3.39. The minimum absolute atomic E-state index is 0.0317. The van der Waals surface area contributed by atoms with Crippen LogP contribution in [0.5, 0.6) is 5.75 Å². The first-order valence-corrected chi connectivity index (χ1v) is 9.41. The molecule has 1 fully saturated rings. The molecule has 1 aliphatic carbocycles. The highest BCUT2D eigenvalue weighted by molar-refractivity contribution is 7.92. The van der Waals surface area contributed by atoms with Crippen molar-refractivity contribution in [3.8, 4) is 5.75 Å². The van der Waals surface area contributed by atoms with Gasteiger partial charge < -0.3 is 10.5 Å². The summed E-state index contributed by atoms with van der Waals surface area (Å²) in [7, 11) is -4.24. The quantitative estimate of drug-likeness (QED) is 0.419. The molecule has 0 aliphatic heterocycles. The normalized spacial score (nSPS) is 14.5. The number of nitrogens with zero attached hydrogens (tertiary/aromatic N) is 1. The van der Waals surface area contributed by atoms with Crippen molar-refractivity contribution in [2.24, 2.45) is 0 Å². The van der Waals surface area contributed by atoms with Crippen LogP contribution in [-0.2, 0) is 10.0 Å². The number of nitrogen functional groups attached to an aromatic ring is 1. The molecular weight excluding hydrogens is 403 g/mol. The van der Waals surface area contributed by atoms with Gasteiger partial charge in [-0.15, -0.1) is 13.2 Å². The topological polar surface area (TPSA) is 125 Å². The summed E-state index contributed by atoms with van der Waals surface area (Å²) < 4.78 is 68.1. The maximum Gasteiger partial charge on any atom is 0.573 e. The number of nitrogens with two attached hydrogens (primary N) is 1. The number of nitro benzene ring substituents is 1. The van der Waals surface area contributed by atoms with Gasteiger partial charge in [-0.1, -0.05) is 0 Å². The molecule has 0 unspecified atom stereocenters. The highest BCUT2D eigenvalue weighted by Crippen LogP contribution is 2.45. The molecule has 1 aliphatic rings. The zero-order valence-corrected chi connectivity index (χ0v) is 14.9. The van der Waals surface area contributed by atoms with Gasteiger partial charge in [0.15, 0.2) is 0 Å². The lowest BCUT2D eigenvalue weighted by atomic mass is 10.1. The number of alkyl halides is 3. The lowest BCUT2D eigenvalue weighted by Gasteiger charge is -2.14. The van der Waals surface area contributed by atoms with Crippen molar-refractivity contribution in [1.82, 2.24) is 0 Å². The zero-order chi connectivity index (χ0) is 20.7. The number of anilines is 2. The molecular formula is C16H14F3N3O5S. The Bertz CT molecular complexity index is 1020. The Balaban J connectivity index is 1.92. The van der Waals surface area contributed by atoms with E-state index in [1.165, 1.54) is 6.07 Å². The van der Waals surface area contributed by atoms with Crippen molar-refractivity contribution in [2.75, 3.05) is 10.5 Å². The number of ether oxygens (including phenoxy) is 1. The predicted molar refractivity (Wildman–Crippen MR) is 93.4 cm³/mol. The van der Waals surface area contributed by atoms with Crippen LogP contribution in [0.15, 0.2) is 41.3 Å². The van der Waals surface area contributed by atoms with Crippen LogP contribution in [0.25, 0.3) is 0 Å². The molecule has 12 heteroatoms. The van der Waals surface area contributed by atoms with E-state index in [0.717, 1.165) is 43.2 Å². The second-order valence-corrected chi connectivity index (χ2v) is 7.81. The monoisotopic (exact) mass is 417 g/mol. The first-order valence-electron chi connectivity index (χ1n) is 7.93. The van der Waals surface area contributed by atoms with Crippen LogP contribution in [0.3, 0.4) is 0 Å². The molecule has 3 rings (SSSR count). The number of benzene rings is 2. The molecule has 0 saturated heterocycles. The molecule has 0 spiro atoms. The standard InChI is InChI=1S/C16H14F3N3O5S/c17-16(18,19)27-11-5-3-10(4-6-11)21-28(25,26)15-8-14(22(23)24)13(20)7-12(15)9-1-2-9/h3-9,21H,1-2,20H2. The molecule has 8 nitrogen and oxygen atoms in total. The third-order valence-electron chi connectivity index (χ3n) is 4.00. The van der Waals surface area contributed by atoms with Crippen LogP contribution in [0.1, 0.15) is 24.3 Å². The number of nitrogens with one attached hydrogen (secondary N) is 1. The molecule has 0 amide bonds. The molecule has 150 valence electrons. The smallest absolute Gasteiger partial charge is 0.406 e. The molecule has 0 radical (unpaired) electrons. The Morgan fingerprint density at radius 2 is 1.79 bits per heavy atom. The molecule has 3 N–H and O–H groups in total. The van der Waals surface area contributed by atoms with E-state index >= 15 is 0 Å². The second-order valence-electron chi connectivity index (χ2n) is 6.16. The number of nitro groups is 1. The predicted octanol–water partition coefficient (Wildman–Crippen LogP) is 3.75. The average molecular weight is 417 g/mol. The maximum absolute atomic E-state index is 12.8. The lowest BCUT2D eigenvalue weighted by molar-refractivity contribution is -0.384. The van der Waals surface area contributed by atoms with Gasteiger partial charge >= 0.3 is 6.36 Å². The molecule has 0 aromatic heterocycles. The van der Waals surface area contributed by atoms with E-state index in [2.05, 4.69) is 9.46 Å². The van der Waals surface area contributed by atoms with Crippen LogP contribution in [0.4, 0.5) is 30.2 Å². The van der Waals surface area contributed by atoms with Crippen molar-refractivity contribution in [1.29, 1.82) is 0 Å². The molecule has 2 aromatic carbocycles. The first kappa shape index (κ1) is 19.7. The van der Waals surface area contributed by atoms with E-state index in [1.807, 2.05) is 0 Å². The van der Waals surface area contributed by atoms with Gasteiger partial charge in [0.25, 0.3) is 15.7 Å². The fourth-order valence-electron chi connectivity index (χ4n) is 2.64. The molecule has 28 heavy (non-hydrogen) atoms. The summed E-state index contributed by atoms with van der Waals surface area (Å²) >= 11 is 0. The maximum atomic E-state index is 12.8. The number of hydrogen-bond acceptors (Lipinski definition) is 6. The highest BCUT2D eigenvalue weighted by atomic mass is 32.2. The fraction of sp³-hybridized carbons (Fsp3) is 0.250. The lowest BCUT2D eigenvalue weighted by Crippen LogP contribution is -2.17. The van der Waals surface area contributed by atoms with Gasteiger partial charge in [-0.05, 0) is 54.7 Å². The van der Waals surface area contributed by atoms with Gasteiger partial charge in [0.1, 0.15) is 11.4 Å². The number of sulfonamides is 1. The van der Waals surface area contributed by atoms with Crippen LogP contribution in [0.2, 0.25) is 0 Å². The Hall–Kier alpha value is -3.02.